The number of hydrogen-bond donors (Lipinski definition) is 0. The van der Waals surface area contributed by atoms with Gasteiger partial charge in [0.05, 0.1) is 5.52 Å². The van der Waals surface area contributed by atoms with Gasteiger partial charge in [0.1, 0.15) is 0 Å². The first-order valence-corrected chi connectivity index (χ1v) is 5.26. The molecule has 0 N–H and O–H groups in total. The molecular formula is C14H11NO. The molecule has 16 heavy (non-hydrogen) atoms. The minimum Gasteiger partial charge on any atom is -0.323 e. The van der Waals surface area contributed by atoms with Crippen molar-refractivity contribution < 1.29 is 0 Å². The van der Waals surface area contributed by atoms with E-state index in [1.165, 1.54) is 0 Å². The zero-order chi connectivity index (χ0) is 11.1. The second kappa shape index (κ2) is 3.20. The molecule has 0 spiro atoms. The number of nitrogens with zero attached hydrogens (tertiary/aromatic N) is 1. The number of fused-ring (bicyclic) bond motifs is 3. The average Bonchev–Trinajstić information content (AvgIpc) is 2.31. The summed E-state index contributed by atoms with van der Waals surface area (Å²) in [5.74, 6) is 0. The summed E-state index contributed by atoms with van der Waals surface area (Å²) in [5, 5.41) is 2.27. The third kappa shape index (κ3) is 1.23. The summed E-state index contributed by atoms with van der Waals surface area (Å²) in [6.45, 7) is 1.84. The molecule has 0 amide bonds. The molecule has 0 aliphatic rings. The van der Waals surface area contributed by atoms with E-state index in [1.807, 2.05) is 41.9 Å². The van der Waals surface area contributed by atoms with E-state index < -0.39 is 0 Å². The third-order valence-corrected chi connectivity index (χ3v) is 2.92. The number of benzene rings is 1. The van der Waals surface area contributed by atoms with Crippen molar-refractivity contribution in [3.63, 3.8) is 0 Å². The quantitative estimate of drug-likeness (QED) is 0.522. The summed E-state index contributed by atoms with van der Waals surface area (Å²) in [4.78, 5) is 11.7. The zero-order valence-corrected chi connectivity index (χ0v) is 8.97. The van der Waals surface area contributed by atoms with Gasteiger partial charge in [-0.05, 0) is 18.4 Å². The van der Waals surface area contributed by atoms with Crippen LogP contribution in [0.4, 0.5) is 0 Å². The summed E-state index contributed by atoms with van der Waals surface area (Å²) in [6, 6.07) is 11.9. The molecule has 1 aromatic carbocycles. The Balaban J connectivity index is 2.60. The Morgan fingerprint density at radius 3 is 2.81 bits per heavy atom. The molecule has 0 fully saturated rings. The molecule has 0 atom stereocenters. The Bertz CT molecular complexity index is 740. The molecule has 2 aromatic heterocycles. The van der Waals surface area contributed by atoms with Gasteiger partial charge < -0.3 is 4.40 Å². The van der Waals surface area contributed by atoms with Crippen molar-refractivity contribution in [3.8, 4) is 0 Å². The molecule has 2 heterocycles. The van der Waals surface area contributed by atoms with Gasteiger partial charge >= 0.3 is 0 Å². The largest absolute Gasteiger partial charge is 0.323 e. The Kier molecular flexibility index (Phi) is 1.83. The number of hydrogen-bond acceptors (Lipinski definition) is 1. The minimum atomic E-state index is 0.0938. The van der Waals surface area contributed by atoms with Crippen molar-refractivity contribution in [2.24, 2.45) is 0 Å². The molecule has 0 saturated heterocycles. The topological polar surface area (TPSA) is 21.5 Å². The molecule has 0 unspecified atom stereocenters. The van der Waals surface area contributed by atoms with Crippen LogP contribution in [-0.2, 0) is 0 Å². The van der Waals surface area contributed by atoms with E-state index in [4.69, 9.17) is 0 Å². The molecule has 2 nitrogen and oxygen atoms in total. The van der Waals surface area contributed by atoms with E-state index >= 15 is 0 Å². The fourth-order valence-corrected chi connectivity index (χ4v) is 2.03. The van der Waals surface area contributed by atoms with E-state index in [0.717, 1.165) is 21.9 Å². The van der Waals surface area contributed by atoms with Crippen LogP contribution in [0.5, 0.6) is 0 Å². The van der Waals surface area contributed by atoms with Crippen LogP contribution in [0.25, 0.3) is 16.3 Å². The van der Waals surface area contributed by atoms with Crippen LogP contribution in [-0.4, -0.2) is 4.40 Å². The van der Waals surface area contributed by atoms with Crippen molar-refractivity contribution in [1.29, 1.82) is 0 Å². The maximum absolute atomic E-state index is 11.7. The van der Waals surface area contributed by atoms with Crippen LogP contribution in [0.2, 0.25) is 0 Å². The van der Waals surface area contributed by atoms with Crippen molar-refractivity contribution in [2.45, 2.75) is 6.92 Å². The van der Waals surface area contributed by atoms with Gasteiger partial charge in [0, 0.05) is 29.4 Å². The lowest BCUT2D eigenvalue weighted by atomic mass is 10.1. The Morgan fingerprint density at radius 2 is 1.94 bits per heavy atom. The molecule has 78 valence electrons. The van der Waals surface area contributed by atoms with Crippen molar-refractivity contribution >= 4 is 16.3 Å². The summed E-state index contributed by atoms with van der Waals surface area (Å²) < 4.78 is 2.00. The molecule has 3 rings (SSSR count). The van der Waals surface area contributed by atoms with Crippen LogP contribution in [0.3, 0.4) is 0 Å². The van der Waals surface area contributed by atoms with Crippen LogP contribution < -0.4 is 5.43 Å². The van der Waals surface area contributed by atoms with E-state index in [1.54, 1.807) is 6.07 Å². The maximum atomic E-state index is 11.7. The van der Waals surface area contributed by atoms with Gasteiger partial charge in [-0.3, -0.25) is 4.79 Å². The van der Waals surface area contributed by atoms with Gasteiger partial charge in [0.15, 0.2) is 5.43 Å². The second-order valence-corrected chi connectivity index (χ2v) is 4.02. The first-order chi connectivity index (χ1) is 7.75. The fraction of sp³-hybridized carbons (Fsp3) is 0.0714. The Morgan fingerprint density at radius 1 is 1.12 bits per heavy atom. The molecular weight excluding hydrogens is 198 g/mol. The standard InChI is InChI=1S/C14H11NO/c1-10-9-15-7-6-11-4-2-3-5-12(11)13(15)8-14(10)16/h2-9H,1H3. The lowest BCUT2D eigenvalue weighted by molar-refractivity contribution is 1.13. The van der Waals surface area contributed by atoms with Gasteiger partial charge in [0.25, 0.3) is 0 Å². The summed E-state index contributed by atoms with van der Waals surface area (Å²) in [6.07, 6.45) is 3.87. The molecule has 0 saturated carbocycles. The van der Waals surface area contributed by atoms with Crippen LogP contribution >= 0.6 is 0 Å². The highest BCUT2D eigenvalue weighted by Gasteiger charge is 2.01. The predicted molar refractivity (Wildman–Crippen MR) is 65.9 cm³/mol. The molecule has 2 heteroatoms. The van der Waals surface area contributed by atoms with Gasteiger partial charge in [0.2, 0.25) is 0 Å². The highest BCUT2D eigenvalue weighted by molar-refractivity contribution is 5.95. The summed E-state index contributed by atoms with van der Waals surface area (Å²) >= 11 is 0. The summed E-state index contributed by atoms with van der Waals surface area (Å²) in [5.41, 5.74) is 1.83. The Labute approximate surface area is 92.8 Å². The van der Waals surface area contributed by atoms with Crippen molar-refractivity contribution in [2.75, 3.05) is 0 Å². The van der Waals surface area contributed by atoms with E-state index in [9.17, 15) is 4.79 Å². The smallest absolute Gasteiger partial charge is 0.185 e. The van der Waals surface area contributed by atoms with Crippen LogP contribution in [0.1, 0.15) is 5.56 Å². The summed E-state index contributed by atoms with van der Waals surface area (Å²) in [7, 11) is 0. The highest BCUT2D eigenvalue weighted by Crippen LogP contribution is 2.18. The monoisotopic (exact) mass is 209 g/mol. The number of aryl methyl sites for hydroxylation is 1. The maximum Gasteiger partial charge on any atom is 0.185 e. The molecule has 3 aromatic rings. The highest BCUT2D eigenvalue weighted by atomic mass is 16.1. The first kappa shape index (κ1) is 9.16. The average molecular weight is 209 g/mol. The van der Waals surface area contributed by atoms with Gasteiger partial charge in [-0.2, -0.15) is 0 Å². The number of aromatic nitrogens is 1. The van der Waals surface area contributed by atoms with Gasteiger partial charge in [-0.1, -0.05) is 24.3 Å². The van der Waals surface area contributed by atoms with E-state index in [2.05, 4.69) is 12.1 Å². The lowest BCUT2D eigenvalue weighted by Crippen LogP contribution is -2.06. The van der Waals surface area contributed by atoms with Crippen LogP contribution in [0.15, 0.2) is 53.6 Å². The van der Waals surface area contributed by atoms with Crippen LogP contribution in [0, 0.1) is 6.92 Å². The fourth-order valence-electron chi connectivity index (χ4n) is 2.03. The van der Waals surface area contributed by atoms with Gasteiger partial charge in [-0.15, -0.1) is 0 Å². The lowest BCUT2D eigenvalue weighted by Gasteiger charge is -2.06. The van der Waals surface area contributed by atoms with E-state index in [-0.39, 0.29) is 5.43 Å². The number of pyridine rings is 2. The SMILES string of the molecule is Cc1cn2ccc3ccccc3c2cc1=O. The van der Waals surface area contributed by atoms with E-state index in [0.29, 0.717) is 0 Å². The molecule has 0 aliphatic carbocycles. The second-order valence-electron chi connectivity index (χ2n) is 4.02. The molecule has 0 bridgehead atoms. The Hall–Kier alpha value is -2.09. The third-order valence-electron chi connectivity index (χ3n) is 2.92. The minimum absolute atomic E-state index is 0.0938. The van der Waals surface area contributed by atoms with Gasteiger partial charge in [-0.25, -0.2) is 0 Å². The van der Waals surface area contributed by atoms with Crippen molar-refractivity contribution in [3.05, 3.63) is 64.6 Å². The van der Waals surface area contributed by atoms with Crippen molar-refractivity contribution in [1.82, 2.24) is 4.40 Å². The first-order valence-electron chi connectivity index (χ1n) is 5.26. The molecule has 0 radical (unpaired) electrons. The predicted octanol–water partition coefficient (Wildman–Crippen LogP) is 2.76. The zero-order valence-electron chi connectivity index (χ0n) is 8.97. The number of rotatable bonds is 0. The normalized spacial score (nSPS) is 11.1. The molecule has 0 aliphatic heterocycles.